The summed E-state index contributed by atoms with van der Waals surface area (Å²) in [6.45, 7) is 2.50. The molecule has 0 spiro atoms. The first-order valence-corrected chi connectivity index (χ1v) is 8.63. The molecule has 1 aliphatic heterocycles. The largest absolute Gasteiger partial charge is 0.466 e. The van der Waals surface area contributed by atoms with E-state index in [1.54, 1.807) is 5.38 Å². The predicted molar refractivity (Wildman–Crippen MR) is 87.0 cm³/mol. The quantitative estimate of drug-likeness (QED) is 0.565. The molecule has 2 amide bonds. The Bertz CT molecular complexity index is 692. The number of amides is 2. The fourth-order valence-corrected chi connectivity index (χ4v) is 3.42. The van der Waals surface area contributed by atoms with Crippen molar-refractivity contribution in [2.24, 2.45) is 5.73 Å². The number of carbonyl (C=O) groups is 3. The molecule has 1 aromatic rings. The minimum atomic E-state index is -0.889. The molecule has 0 aliphatic carbocycles. The highest BCUT2D eigenvalue weighted by atomic mass is 32.1. The standard InChI is InChI=1S/C16H19N3O4S/c1-2-3-6-23-14(20)5-4-12(15(18)21)19-8-10-11(16(19)22)9-24-13(10)7-17/h9,12H,2-6,8H2,1H3,(H2,18,21). The van der Waals surface area contributed by atoms with Crippen molar-refractivity contribution in [3.63, 3.8) is 0 Å². The van der Waals surface area contributed by atoms with Gasteiger partial charge in [0, 0.05) is 23.9 Å². The van der Waals surface area contributed by atoms with Gasteiger partial charge in [-0.15, -0.1) is 11.3 Å². The number of ether oxygens (including phenoxy) is 1. The average molecular weight is 349 g/mol. The van der Waals surface area contributed by atoms with Gasteiger partial charge in [-0.1, -0.05) is 13.3 Å². The molecule has 2 rings (SSSR count). The zero-order chi connectivity index (χ0) is 17.7. The lowest BCUT2D eigenvalue weighted by Gasteiger charge is -2.25. The molecule has 1 atom stereocenters. The van der Waals surface area contributed by atoms with Crippen LogP contribution in [0.1, 0.15) is 53.4 Å². The number of thiophene rings is 1. The van der Waals surface area contributed by atoms with Crippen molar-refractivity contribution in [2.45, 2.75) is 45.2 Å². The third-order valence-electron chi connectivity index (χ3n) is 3.90. The molecular formula is C16H19N3O4S. The summed E-state index contributed by atoms with van der Waals surface area (Å²) in [5.41, 5.74) is 6.48. The molecule has 8 heteroatoms. The van der Waals surface area contributed by atoms with Gasteiger partial charge >= 0.3 is 5.97 Å². The first-order valence-electron chi connectivity index (χ1n) is 7.76. The van der Waals surface area contributed by atoms with Gasteiger partial charge in [0.15, 0.2) is 0 Å². The Morgan fingerprint density at radius 2 is 2.29 bits per heavy atom. The van der Waals surface area contributed by atoms with E-state index in [0.717, 1.165) is 12.8 Å². The molecule has 24 heavy (non-hydrogen) atoms. The van der Waals surface area contributed by atoms with Crippen molar-refractivity contribution in [1.29, 1.82) is 5.26 Å². The van der Waals surface area contributed by atoms with E-state index in [0.29, 0.717) is 22.6 Å². The van der Waals surface area contributed by atoms with E-state index in [4.69, 9.17) is 15.7 Å². The Hall–Kier alpha value is -2.40. The number of nitrogens with zero attached hydrogens (tertiary/aromatic N) is 2. The first-order chi connectivity index (χ1) is 11.5. The van der Waals surface area contributed by atoms with Crippen molar-refractivity contribution >= 4 is 29.1 Å². The molecule has 1 aromatic heterocycles. The van der Waals surface area contributed by atoms with Gasteiger partial charge in [-0.2, -0.15) is 5.26 Å². The molecule has 0 saturated heterocycles. The van der Waals surface area contributed by atoms with Crippen molar-refractivity contribution < 1.29 is 19.1 Å². The molecule has 1 aliphatic rings. The Balaban J connectivity index is 2.01. The predicted octanol–water partition coefficient (Wildman–Crippen LogP) is 1.55. The number of nitriles is 1. The molecule has 0 bridgehead atoms. The van der Waals surface area contributed by atoms with Crippen LogP contribution in [0.5, 0.6) is 0 Å². The summed E-state index contributed by atoms with van der Waals surface area (Å²) in [5.74, 6) is -1.41. The number of primary amides is 1. The molecule has 7 nitrogen and oxygen atoms in total. The number of hydrogen-bond acceptors (Lipinski definition) is 6. The molecule has 2 N–H and O–H groups in total. The minimum Gasteiger partial charge on any atom is -0.466 e. The van der Waals surface area contributed by atoms with Crippen molar-refractivity contribution in [1.82, 2.24) is 4.90 Å². The summed E-state index contributed by atoms with van der Waals surface area (Å²) >= 11 is 1.21. The van der Waals surface area contributed by atoms with E-state index in [1.165, 1.54) is 16.2 Å². The smallest absolute Gasteiger partial charge is 0.305 e. The maximum atomic E-state index is 12.4. The third-order valence-corrected chi connectivity index (χ3v) is 4.83. The van der Waals surface area contributed by atoms with Gasteiger partial charge in [-0.25, -0.2) is 0 Å². The molecule has 0 saturated carbocycles. The van der Waals surface area contributed by atoms with Crippen LogP contribution in [0.4, 0.5) is 0 Å². The zero-order valence-corrected chi connectivity index (χ0v) is 14.2. The van der Waals surface area contributed by atoms with Crippen molar-refractivity contribution in [2.75, 3.05) is 6.61 Å². The van der Waals surface area contributed by atoms with Crippen molar-refractivity contribution in [3.05, 3.63) is 21.4 Å². The van der Waals surface area contributed by atoms with Gasteiger partial charge in [0.25, 0.3) is 5.91 Å². The number of nitrogens with two attached hydrogens (primary N) is 1. The maximum absolute atomic E-state index is 12.4. The number of hydrogen-bond donors (Lipinski definition) is 1. The van der Waals surface area contributed by atoms with Crippen LogP contribution in [0.2, 0.25) is 0 Å². The second-order valence-electron chi connectivity index (χ2n) is 5.53. The minimum absolute atomic E-state index is 0.0129. The molecule has 128 valence electrons. The van der Waals surface area contributed by atoms with E-state index < -0.39 is 17.9 Å². The molecule has 1 unspecified atom stereocenters. The number of esters is 1. The molecule has 0 fully saturated rings. The average Bonchev–Trinajstić information content (AvgIpc) is 3.08. The third kappa shape index (κ3) is 3.74. The van der Waals surface area contributed by atoms with E-state index in [9.17, 15) is 14.4 Å². The van der Waals surface area contributed by atoms with E-state index in [2.05, 4.69) is 0 Å². The zero-order valence-electron chi connectivity index (χ0n) is 13.4. The van der Waals surface area contributed by atoms with Gasteiger partial charge < -0.3 is 15.4 Å². The highest BCUT2D eigenvalue weighted by Gasteiger charge is 2.37. The van der Waals surface area contributed by atoms with Crippen LogP contribution < -0.4 is 5.73 Å². The van der Waals surface area contributed by atoms with Crippen molar-refractivity contribution in [3.8, 4) is 6.07 Å². The van der Waals surface area contributed by atoms with Gasteiger partial charge in [-0.3, -0.25) is 14.4 Å². The Morgan fingerprint density at radius 1 is 1.54 bits per heavy atom. The van der Waals surface area contributed by atoms with Crippen LogP contribution in [0.15, 0.2) is 5.38 Å². The SMILES string of the molecule is CCCCOC(=O)CCC(C(N)=O)N1Cc2c(csc2C#N)C1=O. The highest BCUT2D eigenvalue weighted by molar-refractivity contribution is 7.11. The van der Waals surface area contributed by atoms with Gasteiger partial charge in [0.2, 0.25) is 5.91 Å². The topological polar surface area (TPSA) is 113 Å². The normalized spacial score (nSPS) is 14.2. The van der Waals surface area contributed by atoms with E-state index >= 15 is 0 Å². The molecule has 2 heterocycles. The van der Waals surface area contributed by atoms with E-state index in [-0.39, 0.29) is 25.3 Å². The first kappa shape index (κ1) is 17.9. The van der Waals surface area contributed by atoms with E-state index in [1.807, 2.05) is 13.0 Å². The van der Waals surface area contributed by atoms with Crippen LogP contribution in [-0.2, 0) is 20.9 Å². The second kappa shape index (κ2) is 7.93. The number of carbonyl (C=O) groups excluding carboxylic acids is 3. The Kier molecular flexibility index (Phi) is 5.93. The molecular weight excluding hydrogens is 330 g/mol. The molecule has 0 radical (unpaired) electrons. The highest BCUT2D eigenvalue weighted by Crippen LogP contribution is 2.32. The monoisotopic (exact) mass is 349 g/mol. The summed E-state index contributed by atoms with van der Waals surface area (Å²) < 4.78 is 5.05. The van der Waals surface area contributed by atoms with Crippen LogP contribution >= 0.6 is 11.3 Å². The van der Waals surface area contributed by atoms with Crippen LogP contribution in [0, 0.1) is 11.3 Å². The number of fused-ring (bicyclic) bond motifs is 1. The summed E-state index contributed by atoms with van der Waals surface area (Å²) in [4.78, 5) is 37.7. The summed E-state index contributed by atoms with van der Waals surface area (Å²) in [7, 11) is 0. The second-order valence-corrected chi connectivity index (χ2v) is 6.41. The fraction of sp³-hybridized carbons (Fsp3) is 0.500. The van der Waals surface area contributed by atoms with Crippen LogP contribution in [-0.4, -0.2) is 35.3 Å². The lowest BCUT2D eigenvalue weighted by atomic mass is 10.1. The maximum Gasteiger partial charge on any atom is 0.305 e. The Morgan fingerprint density at radius 3 is 2.92 bits per heavy atom. The summed E-state index contributed by atoms with van der Waals surface area (Å²) in [6.07, 6.45) is 1.83. The fourth-order valence-electron chi connectivity index (χ4n) is 2.57. The van der Waals surface area contributed by atoms with Gasteiger partial charge in [0.1, 0.15) is 17.0 Å². The van der Waals surface area contributed by atoms with Gasteiger partial charge in [-0.05, 0) is 12.8 Å². The molecule has 0 aromatic carbocycles. The number of rotatable bonds is 8. The lowest BCUT2D eigenvalue weighted by molar-refractivity contribution is -0.144. The summed E-state index contributed by atoms with van der Waals surface area (Å²) in [5, 5.41) is 10.7. The number of unbranched alkanes of at least 4 members (excludes halogenated alkanes) is 1. The Labute approximate surface area is 144 Å². The van der Waals surface area contributed by atoms with Crippen LogP contribution in [0.25, 0.3) is 0 Å². The van der Waals surface area contributed by atoms with Crippen LogP contribution in [0.3, 0.4) is 0 Å². The van der Waals surface area contributed by atoms with Gasteiger partial charge in [0.05, 0.1) is 12.2 Å². The summed E-state index contributed by atoms with van der Waals surface area (Å²) in [6, 6.07) is 1.16. The lowest BCUT2D eigenvalue weighted by Crippen LogP contribution is -2.45.